The molecule has 0 radical (unpaired) electrons. The SMILES string of the molecule is Cc1cc(C)cc(C(C#N)=C(NC(=O)c2cn(C)cc2C(F)(F)F)C(C)(C)C)c1. The second-order valence-corrected chi connectivity index (χ2v) is 8.19. The van der Waals surface area contributed by atoms with Gasteiger partial charge in [0.25, 0.3) is 5.91 Å². The normalized spacial score (nSPS) is 13.0. The highest BCUT2D eigenvalue weighted by molar-refractivity contribution is 5.98. The van der Waals surface area contributed by atoms with Crippen molar-refractivity contribution in [1.29, 1.82) is 5.26 Å². The molecule has 2 rings (SSSR count). The summed E-state index contributed by atoms with van der Waals surface area (Å²) in [4.78, 5) is 12.8. The summed E-state index contributed by atoms with van der Waals surface area (Å²) in [6, 6.07) is 7.70. The molecule has 7 heteroatoms. The van der Waals surface area contributed by atoms with Crippen LogP contribution in [0.3, 0.4) is 0 Å². The van der Waals surface area contributed by atoms with E-state index in [4.69, 9.17) is 0 Å². The number of benzene rings is 1. The zero-order valence-electron chi connectivity index (χ0n) is 17.3. The van der Waals surface area contributed by atoms with Crippen LogP contribution in [0.5, 0.6) is 0 Å². The summed E-state index contributed by atoms with van der Waals surface area (Å²) < 4.78 is 41.1. The molecule has 1 N–H and O–H groups in total. The lowest BCUT2D eigenvalue weighted by molar-refractivity contribution is -0.137. The van der Waals surface area contributed by atoms with E-state index in [0.29, 0.717) is 5.56 Å². The van der Waals surface area contributed by atoms with Gasteiger partial charge in [-0.15, -0.1) is 0 Å². The number of carbonyl (C=O) groups is 1. The Labute approximate surface area is 168 Å². The Morgan fingerprint density at radius 2 is 1.62 bits per heavy atom. The van der Waals surface area contributed by atoms with Crippen molar-refractivity contribution < 1.29 is 18.0 Å². The molecule has 2 aromatic rings. The maximum Gasteiger partial charge on any atom is 0.418 e. The van der Waals surface area contributed by atoms with Gasteiger partial charge in [0.1, 0.15) is 6.07 Å². The Morgan fingerprint density at radius 1 is 1.07 bits per heavy atom. The lowest BCUT2D eigenvalue weighted by Gasteiger charge is -2.26. The van der Waals surface area contributed by atoms with Gasteiger partial charge in [-0.1, -0.05) is 50.1 Å². The number of hydrogen-bond acceptors (Lipinski definition) is 2. The van der Waals surface area contributed by atoms with Crippen LogP contribution in [0.2, 0.25) is 0 Å². The van der Waals surface area contributed by atoms with Crippen molar-refractivity contribution in [3.8, 4) is 6.07 Å². The zero-order valence-corrected chi connectivity index (χ0v) is 17.3. The molecule has 1 aromatic heterocycles. The first-order valence-corrected chi connectivity index (χ1v) is 9.02. The molecule has 0 aliphatic rings. The number of aryl methyl sites for hydroxylation is 3. The monoisotopic (exact) mass is 403 g/mol. The van der Waals surface area contributed by atoms with E-state index >= 15 is 0 Å². The molecule has 0 aliphatic heterocycles. The lowest BCUT2D eigenvalue weighted by Crippen LogP contribution is -2.32. The number of nitriles is 1. The summed E-state index contributed by atoms with van der Waals surface area (Å²) >= 11 is 0. The second kappa shape index (κ2) is 7.78. The van der Waals surface area contributed by atoms with Crippen molar-refractivity contribution in [2.24, 2.45) is 12.5 Å². The van der Waals surface area contributed by atoms with Gasteiger partial charge in [0.2, 0.25) is 0 Å². The Balaban J connectivity index is 2.62. The van der Waals surface area contributed by atoms with Crippen LogP contribution in [0.15, 0.2) is 36.3 Å². The van der Waals surface area contributed by atoms with E-state index in [0.717, 1.165) is 23.5 Å². The highest BCUT2D eigenvalue weighted by Gasteiger charge is 2.37. The van der Waals surface area contributed by atoms with Crippen molar-refractivity contribution in [1.82, 2.24) is 9.88 Å². The van der Waals surface area contributed by atoms with Crippen molar-refractivity contribution in [2.45, 2.75) is 40.8 Å². The number of carbonyl (C=O) groups excluding carboxylic acids is 1. The minimum atomic E-state index is -4.66. The molecule has 0 aliphatic carbocycles. The smallest absolute Gasteiger partial charge is 0.356 e. The summed E-state index contributed by atoms with van der Waals surface area (Å²) in [7, 11) is 1.42. The largest absolute Gasteiger partial charge is 0.418 e. The number of allylic oxidation sites excluding steroid dienone is 2. The molecule has 154 valence electrons. The topological polar surface area (TPSA) is 57.8 Å². The fourth-order valence-corrected chi connectivity index (χ4v) is 3.18. The number of amides is 1. The third-order valence-corrected chi connectivity index (χ3v) is 4.37. The van der Waals surface area contributed by atoms with E-state index in [2.05, 4.69) is 11.4 Å². The number of halogens is 3. The molecular weight excluding hydrogens is 379 g/mol. The maximum absolute atomic E-state index is 13.3. The molecule has 1 heterocycles. The second-order valence-electron chi connectivity index (χ2n) is 8.19. The summed E-state index contributed by atoms with van der Waals surface area (Å²) in [5.41, 5.74) is 0.791. The minimum Gasteiger partial charge on any atom is -0.356 e. The van der Waals surface area contributed by atoms with Crippen LogP contribution in [0.4, 0.5) is 13.2 Å². The van der Waals surface area contributed by atoms with Gasteiger partial charge in [0, 0.05) is 30.6 Å². The van der Waals surface area contributed by atoms with E-state index in [1.807, 2.05) is 32.0 Å². The molecule has 0 atom stereocenters. The van der Waals surface area contributed by atoms with Crippen LogP contribution in [0.25, 0.3) is 5.57 Å². The van der Waals surface area contributed by atoms with Crippen LogP contribution in [0, 0.1) is 30.6 Å². The standard InChI is InChI=1S/C22H24F3N3O/c1-13-7-14(2)9-15(8-13)16(10-26)19(21(3,4)5)27-20(29)17-11-28(6)12-18(17)22(23,24)25/h7-9,11-12H,1-6H3,(H,27,29). The number of alkyl halides is 3. The van der Waals surface area contributed by atoms with Crippen LogP contribution < -0.4 is 5.32 Å². The molecule has 0 unspecified atom stereocenters. The van der Waals surface area contributed by atoms with Crippen molar-refractivity contribution >= 4 is 11.5 Å². The highest BCUT2D eigenvalue weighted by Crippen LogP contribution is 2.34. The fraction of sp³-hybridized carbons (Fsp3) is 0.364. The van der Waals surface area contributed by atoms with Gasteiger partial charge in [-0.25, -0.2) is 0 Å². The first-order chi connectivity index (χ1) is 13.2. The van der Waals surface area contributed by atoms with Crippen LogP contribution in [0.1, 0.15) is 53.4 Å². The van der Waals surface area contributed by atoms with Crippen molar-refractivity contribution in [2.75, 3.05) is 0 Å². The van der Waals surface area contributed by atoms with Crippen molar-refractivity contribution in [3.05, 3.63) is 64.1 Å². The van der Waals surface area contributed by atoms with Crippen LogP contribution in [-0.4, -0.2) is 10.5 Å². The molecule has 1 amide bonds. The van der Waals surface area contributed by atoms with E-state index in [-0.39, 0.29) is 11.3 Å². The van der Waals surface area contributed by atoms with Crippen LogP contribution in [-0.2, 0) is 13.2 Å². The van der Waals surface area contributed by atoms with E-state index in [9.17, 15) is 23.2 Å². The number of aromatic nitrogens is 1. The zero-order chi connectivity index (χ0) is 22.1. The van der Waals surface area contributed by atoms with Gasteiger partial charge in [0.15, 0.2) is 0 Å². The van der Waals surface area contributed by atoms with E-state index < -0.39 is 28.6 Å². The molecule has 0 fully saturated rings. The van der Waals surface area contributed by atoms with Gasteiger partial charge >= 0.3 is 6.18 Å². The Hall–Kier alpha value is -3.01. The maximum atomic E-state index is 13.3. The first kappa shape index (κ1) is 22.3. The molecule has 4 nitrogen and oxygen atoms in total. The van der Waals surface area contributed by atoms with Gasteiger partial charge in [-0.05, 0) is 19.4 Å². The average Bonchev–Trinajstić information content (AvgIpc) is 2.95. The quantitative estimate of drug-likeness (QED) is 0.701. The summed E-state index contributed by atoms with van der Waals surface area (Å²) in [6.45, 7) is 9.15. The predicted molar refractivity (Wildman–Crippen MR) is 106 cm³/mol. The molecule has 0 saturated heterocycles. The van der Waals surface area contributed by atoms with Crippen LogP contribution >= 0.6 is 0 Å². The third kappa shape index (κ3) is 5.08. The first-order valence-electron chi connectivity index (χ1n) is 9.02. The molecule has 0 bridgehead atoms. The number of nitrogens with one attached hydrogen (secondary N) is 1. The molecule has 1 aromatic carbocycles. The minimum absolute atomic E-state index is 0.224. The van der Waals surface area contributed by atoms with Gasteiger partial charge in [0.05, 0.1) is 16.7 Å². The summed E-state index contributed by atoms with van der Waals surface area (Å²) in [5, 5.41) is 12.4. The predicted octanol–water partition coefficient (Wildman–Crippen LogP) is 5.37. The fourth-order valence-electron chi connectivity index (χ4n) is 3.18. The van der Waals surface area contributed by atoms with Crippen molar-refractivity contribution in [3.63, 3.8) is 0 Å². The summed E-state index contributed by atoms with van der Waals surface area (Å²) in [6.07, 6.45) is -2.67. The molecule has 29 heavy (non-hydrogen) atoms. The Morgan fingerprint density at radius 3 is 2.07 bits per heavy atom. The van der Waals surface area contributed by atoms with Gasteiger partial charge in [-0.3, -0.25) is 4.79 Å². The van der Waals surface area contributed by atoms with E-state index in [1.165, 1.54) is 11.6 Å². The highest BCUT2D eigenvalue weighted by atomic mass is 19.4. The number of hydrogen-bond donors (Lipinski definition) is 1. The number of rotatable bonds is 3. The Bertz CT molecular complexity index is 995. The molecule has 0 saturated carbocycles. The Kier molecular flexibility index (Phi) is 5.98. The number of nitrogens with zero attached hydrogens (tertiary/aromatic N) is 2. The lowest BCUT2D eigenvalue weighted by atomic mass is 9.86. The summed E-state index contributed by atoms with van der Waals surface area (Å²) in [5.74, 6) is -0.903. The van der Waals surface area contributed by atoms with E-state index in [1.54, 1.807) is 20.8 Å². The average molecular weight is 403 g/mol. The third-order valence-electron chi connectivity index (χ3n) is 4.37. The molecular formula is C22H24F3N3O. The van der Waals surface area contributed by atoms with Gasteiger partial charge < -0.3 is 9.88 Å². The van der Waals surface area contributed by atoms with Gasteiger partial charge in [-0.2, -0.15) is 18.4 Å². The molecule has 0 spiro atoms.